The smallest absolute Gasteiger partial charge is 0.157 e. The number of benzene rings is 2. The Morgan fingerprint density at radius 2 is 1.76 bits per heavy atom. The molecule has 1 aliphatic heterocycles. The maximum absolute atomic E-state index is 10.4. The van der Waals surface area contributed by atoms with Gasteiger partial charge in [-0.1, -0.05) is 53.3 Å². The lowest BCUT2D eigenvalue weighted by Gasteiger charge is -2.40. The highest BCUT2D eigenvalue weighted by atomic mass is 35.5. The molecule has 4 aromatic rings. The Morgan fingerprint density at radius 3 is 2.55 bits per heavy atom. The number of hydrogen-bond acceptors (Lipinski definition) is 9. The van der Waals surface area contributed by atoms with E-state index in [-0.39, 0.29) is 0 Å². The van der Waals surface area contributed by atoms with Gasteiger partial charge in [0.1, 0.15) is 35.5 Å². The van der Waals surface area contributed by atoms with Gasteiger partial charge in [-0.15, -0.1) is 21.5 Å². The molecule has 3 heterocycles. The predicted molar refractivity (Wildman–Crippen MR) is 128 cm³/mol. The number of thiophene rings is 1. The molecule has 1 fully saturated rings. The third kappa shape index (κ3) is 4.43. The van der Waals surface area contributed by atoms with Crippen LogP contribution in [0.15, 0.2) is 48.5 Å². The summed E-state index contributed by atoms with van der Waals surface area (Å²) in [5.41, 5.74) is 1.35. The zero-order valence-corrected chi connectivity index (χ0v) is 19.6. The van der Waals surface area contributed by atoms with Crippen molar-refractivity contribution in [2.24, 2.45) is 0 Å². The largest absolute Gasteiger partial charge is 0.394 e. The number of hydrogen-bond donors (Lipinski definition) is 4. The van der Waals surface area contributed by atoms with Crippen molar-refractivity contribution in [3.05, 3.63) is 69.7 Å². The third-order valence-electron chi connectivity index (χ3n) is 5.74. The number of aromatic nitrogens is 2. The van der Waals surface area contributed by atoms with Crippen molar-refractivity contribution < 1.29 is 25.2 Å². The number of nitrogens with zero attached hydrogens (tertiary/aromatic N) is 2. The predicted octanol–water partition coefficient (Wildman–Crippen LogP) is 3.18. The van der Waals surface area contributed by atoms with E-state index in [9.17, 15) is 20.4 Å². The van der Waals surface area contributed by atoms with Crippen LogP contribution in [0.5, 0.6) is 0 Å². The minimum absolute atomic E-state index is 0.437. The van der Waals surface area contributed by atoms with Crippen LogP contribution in [-0.4, -0.2) is 61.6 Å². The molecular formula is C23H21ClN2O5S2. The van der Waals surface area contributed by atoms with Gasteiger partial charge in [0.25, 0.3) is 0 Å². The maximum atomic E-state index is 10.4. The molecule has 1 aliphatic rings. The van der Waals surface area contributed by atoms with Crippen molar-refractivity contribution in [3.8, 4) is 9.88 Å². The number of rotatable bonds is 5. The topological polar surface area (TPSA) is 116 Å². The monoisotopic (exact) mass is 504 g/mol. The number of ether oxygens (including phenoxy) is 1. The van der Waals surface area contributed by atoms with Crippen LogP contribution in [0.4, 0.5) is 0 Å². The number of aliphatic hydroxyl groups excluding tert-OH is 4. The van der Waals surface area contributed by atoms with Gasteiger partial charge in [0.05, 0.1) is 11.5 Å². The van der Waals surface area contributed by atoms with Gasteiger partial charge in [-0.3, -0.25) is 0 Å². The van der Waals surface area contributed by atoms with Crippen LogP contribution in [0.1, 0.15) is 22.2 Å². The van der Waals surface area contributed by atoms with Crippen LogP contribution in [0.25, 0.3) is 20.0 Å². The number of halogens is 1. The van der Waals surface area contributed by atoms with Crippen LogP contribution in [0.2, 0.25) is 5.02 Å². The lowest BCUT2D eigenvalue weighted by molar-refractivity contribution is -0.231. The molecule has 10 heteroatoms. The standard InChI is InChI=1S/C23H21ClN2O5S2/c24-14-6-5-12(22-21(30)20(29)19(28)15(10-27)31-22)7-13(14)9-18-25-26-23(33-18)17-8-11-3-1-2-4-16(11)32-17/h1-8,15,19-22,27-30H,9-10H2/t15-,19-,20+,21-,22+/m1/s1. The first kappa shape index (κ1) is 22.8. The summed E-state index contributed by atoms with van der Waals surface area (Å²) in [5, 5.41) is 52.1. The molecule has 5 atom stereocenters. The summed E-state index contributed by atoms with van der Waals surface area (Å²) in [6.07, 6.45) is -5.64. The van der Waals surface area contributed by atoms with Gasteiger partial charge >= 0.3 is 0 Å². The highest BCUT2D eigenvalue weighted by Crippen LogP contribution is 2.37. The quantitative estimate of drug-likeness (QED) is 0.330. The second-order valence-corrected chi connectivity index (χ2v) is 10.5. The van der Waals surface area contributed by atoms with Crippen LogP contribution in [-0.2, 0) is 11.2 Å². The fraction of sp³-hybridized carbons (Fsp3) is 0.304. The molecule has 0 unspecified atom stereocenters. The minimum Gasteiger partial charge on any atom is -0.394 e. The Balaban J connectivity index is 1.39. The van der Waals surface area contributed by atoms with E-state index in [0.29, 0.717) is 17.0 Å². The molecule has 5 rings (SSSR count). The molecule has 4 N–H and O–H groups in total. The van der Waals surface area contributed by atoms with Gasteiger partial charge in [0.2, 0.25) is 0 Å². The lowest BCUT2D eigenvalue weighted by Crippen LogP contribution is -2.55. The summed E-state index contributed by atoms with van der Waals surface area (Å²) in [6.45, 7) is -0.479. The van der Waals surface area contributed by atoms with Crippen molar-refractivity contribution in [2.75, 3.05) is 6.61 Å². The first-order chi connectivity index (χ1) is 15.9. The normalized spacial score (nSPS) is 25.5. The molecule has 0 radical (unpaired) electrons. The first-order valence-corrected chi connectivity index (χ1v) is 12.4. The van der Waals surface area contributed by atoms with Crippen molar-refractivity contribution in [1.82, 2.24) is 10.2 Å². The van der Waals surface area contributed by atoms with Gasteiger partial charge in [-0.25, -0.2) is 0 Å². The van der Waals surface area contributed by atoms with E-state index in [1.807, 2.05) is 12.1 Å². The molecule has 0 amide bonds. The highest BCUT2D eigenvalue weighted by Gasteiger charge is 2.44. The lowest BCUT2D eigenvalue weighted by atomic mass is 9.90. The summed E-state index contributed by atoms with van der Waals surface area (Å²) < 4.78 is 6.87. The molecule has 7 nitrogen and oxygen atoms in total. The van der Waals surface area contributed by atoms with Gasteiger partial charge in [0.15, 0.2) is 5.01 Å². The van der Waals surface area contributed by atoms with Gasteiger partial charge in [-0.2, -0.15) is 0 Å². The van der Waals surface area contributed by atoms with E-state index in [4.69, 9.17) is 16.3 Å². The molecule has 2 aromatic carbocycles. The molecule has 2 aromatic heterocycles. The Labute approximate surface area is 202 Å². The zero-order valence-electron chi connectivity index (χ0n) is 17.2. The van der Waals surface area contributed by atoms with Crippen molar-refractivity contribution >= 4 is 44.4 Å². The number of aliphatic hydroxyl groups is 4. The van der Waals surface area contributed by atoms with Gasteiger partial charge in [-0.05, 0) is 34.7 Å². The fourth-order valence-electron chi connectivity index (χ4n) is 3.96. The number of fused-ring (bicyclic) bond motifs is 1. The second kappa shape index (κ2) is 9.36. The van der Waals surface area contributed by atoms with Crippen LogP contribution >= 0.6 is 34.3 Å². The zero-order chi connectivity index (χ0) is 23.1. The molecule has 33 heavy (non-hydrogen) atoms. The summed E-state index contributed by atoms with van der Waals surface area (Å²) in [4.78, 5) is 1.06. The Morgan fingerprint density at radius 1 is 0.939 bits per heavy atom. The Bertz CT molecular complexity index is 1240. The van der Waals surface area contributed by atoms with E-state index in [1.165, 1.54) is 21.4 Å². The summed E-state index contributed by atoms with van der Waals surface area (Å²) in [6, 6.07) is 15.5. The summed E-state index contributed by atoms with van der Waals surface area (Å²) >= 11 is 9.60. The van der Waals surface area contributed by atoms with E-state index in [2.05, 4.69) is 28.4 Å². The second-order valence-electron chi connectivity index (χ2n) is 7.93. The third-order valence-corrected chi connectivity index (χ3v) is 8.31. The van der Waals surface area contributed by atoms with Crippen molar-refractivity contribution in [1.29, 1.82) is 0 Å². The van der Waals surface area contributed by atoms with Crippen molar-refractivity contribution in [3.63, 3.8) is 0 Å². The fourth-order valence-corrected chi connectivity index (χ4v) is 6.11. The van der Waals surface area contributed by atoms with Crippen LogP contribution < -0.4 is 0 Å². The highest BCUT2D eigenvalue weighted by molar-refractivity contribution is 7.25. The molecule has 0 bridgehead atoms. The molecule has 0 aliphatic carbocycles. The van der Waals surface area contributed by atoms with Gasteiger partial charge in [0, 0.05) is 16.1 Å². The summed E-state index contributed by atoms with van der Waals surface area (Å²) in [5.74, 6) is 0. The molecule has 0 saturated carbocycles. The first-order valence-electron chi connectivity index (χ1n) is 10.3. The Hall–Kier alpha value is -1.95. The van der Waals surface area contributed by atoms with Crippen LogP contribution in [0, 0.1) is 0 Å². The van der Waals surface area contributed by atoms with Gasteiger partial charge < -0.3 is 25.2 Å². The molecule has 1 saturated heterocycles. The molecular weight excluding hydrogens is 484 g/mol. The Kier molecular flexibility index (Phi) is 6.47. The minimum atomic E-state index is -1.44. The molecule has 172 valence electrons. The van der Waals surface area contributed by atoms with E-state index >= 15 is 0 Å². The van der Waals surface area contributed by atoms with Crippen molar-refractivity contribution in [2.45, 2.75) is 36.9 Å². The average molecular weight is 505 g/mol. The van der Waals surface area contributed by atoms with E-state index < -0.39 is 37.1 Å². The van der Waals surface area contributed by atoms with E-state index in [0.717, 1.165) is 20.5 Å². The van der Waals surface area contributed by atoms with Crippen LogP contribution in [0.3, 0.4) is 0 Å². The molecule has 0 spiro atoms. The SMILES string of the molecule is OC[C@H]1O[C@@H](c2ccc(Cl)c(Cc3nnc(-c4cc5ccccc5s4)s3)c2)[C@H](O)[C@@H](O)[C@@H]1O. The maximum Gasteiger partial charge on any atom is 0.157 e. The van der Waals surface area contributed by atoms with E-state index in [1.54, 1.807) is 29.5 Å². The average Bonchev–Trinajstić information content (AvgIpc) is 3.46. The summed E-state index contributed by atoms with van der Waals surface area (Å²) in [7, 11) is 0.